The highest BCUT2D eigenvalue weighted by Gasteiger charge is 2.21. The summed E-state index contributed by atoms with van der Waals surface area (Å²) >= 11 is 3.51. The zero-order valence-electron chi connectivity index (χ0n) is 14.0. The summed E-state index contributed by atoms with van der Waals surface area (Å²) in [6.07, 6.45) is 4.16. The van der Waals surface area contributed by atoms with E-state index in [0.717, 1.165) is 45.4 Å². The van der Waals surface area contributed by atoms with E-state index < -0.39 is 0 Å². The van der Waals surface area contributed by atoms with Gasteiger partial charge in [-0.2, -0.15) is 0 Å². The molecule has 0 spiro atoms. The molecule has 5 nitrogen and oxygen atoms in total. The van der Waals surface area contributed by atoms with Crippen LogP contribution in [-0.4, -0.2) is 25.7 Å². The molecule has 124 valence electrons. The van der Waals surface area contributed by atoms with Crippen LogP contribution in [0.2, 0.25) is 0 Å². The standard InChI is InChI=1S/C18H19BrN4O/c1-11(2)23-9-12(3)20-18(23)15-10-22-6-7-24-16-8-13(19)4-5-14(16)17(22)21-15/h4-5,8-11H,6-7H2,1-3H3. The van der Waals surface area contributed by atoms with E-state index in [9.17, 15) is 0 Å². The number of hydrogen-bond acceptors (Lipinski definition) is 3. The Hall–Kier alpha value is -2.08. The fourth-order valence-electron chi connectivity index (χ4n) is 3.06. The molecular formula is C18H19BrN4O. The molecule has 24 heavy (non-hydrogen) atoms. The molecule has 6 heteroatoms. The lowest BCUT2D eigenvalue weighted by atomic mass is 10.2. The van der Waals surface area contributed by atoms with Crippen molar-refractivity contribution >= 4 is 15.9 Å². The topological polar surface area (TPSA) is 44.9 Å². The average Bonchev–Trinajstić information content (AvgIpc) is 3.07. The van der Waals surface area contributed by atoms with Crippen LogP contribution in [-0.2, 0) is 6.54 Å². The second-order valence-electron chi connectivity index (χ2n) is 6.34. The Balaban J connectivity index is 1.87. The number of fused-ring (bicyclic) bond motifs is 3. The van der Waals surface area contributed by atoms with Crippen molar-refractivity contribution in [2.45, 2.75) is 33.4 Å². The van der Waals surface area contributed by atoms with Crippen molar-refractivity contribution in [1.29, 1.82) is 0 Å². The highest BCUT2D eigenvalue weighted by Crippen LogP contribution is 2.35. The molecule has 3 aromatic rings. The molecule has 2 aromatic heterocycles. The van der Waals surface area contributed by atoms with Crippen LogP contribution in [0, 0.1) is 6.92 Å². The Morgan fingerprint density at radius 1 is 1.17 bits per heavy atom. The van der Waals surface area contributed by atoms with Gasteiger partial charge in [-0.25, -0.2) is 9.97 Å². The summed E-state index contributed by atoms with van der Waals surface area (Å²) in [6, 6.07) is 6.41. The Kier molecular flexibility index (Phi) is 3.72. The Morgan fingerprint density at radius 2 is 2.00 bits per heavy atom. The van der Waals surface area contributed by atoms with E-state index in [1.54, 1.807) is 0 Å². The van der Waals surface area contributed by atoms with Crippen molar-refractivity contribution in [3.8, 4) is 28.7 Å². The smallest absolute Gasteiger partial charge is 0.160 e. The van der Waals surface area contributed by atoms with Gasteiger partial charge in [0.2, 0.25) is 0 Å². The summed E-state index contributed by atoms with van der Waals surface area (Å²) < 4.78 is 11.2. The maximum absolute atomic E-state index is 5.87. The first-order chi connectivity index (χ1) is 11.5. The number of imidazole rings is 2. The van der Waals surface area contributed by atoms with Crippen LogP contribution in [0.15, 0.2) is 35.1 Å². The van der Waals surface area contributed by atoms with Crippen LogP contribution in [0.4, 0.5) is 0 Å². The van der Waals surface area contributed by atoms with E-state index in [1.165, 1.54) is 0 Å². The highest BCUT2D eigenvalue weighted by molar-refractivity contribution is 9.10. The molecule has 0 radical (unpaired) electrons. The van der Waals surface area contributed by atoms with Gasteiger partial charge in [0, 0.05) is 22.9 Å². The first kappa shape index (κ1) is 15.4. The predicted molar refractivity (Wildman–Crippen MR) is 97.2 cm³/mol. The van der Waals surface area contributed by atoms with Crippen LogP contribution in [0.3, 0.4) is 0 Å². The lowest BCUT2D eigenvalue weighted by Gasteiger charge is -2.09. The third kappa shape index (κ3) is 2.55. The Morgan fingerprint density at radius 3 is 2.79 bits per heavy atom. The molecule has 1 aliphatic heterocycles. The number of ether oxygens (including phenoxy) is 1. The van der Waals surface area contributed by atoms with E-state index in [4.69, 9.17) is 9.72 Å². The van der Waals surface area contributed by atoms with Gasteiger partial charge in [0.05, 0.1) is 17.8 Å². The summed E-state index contributed by atoms with van der Waals surface area (Å²) in [5.41, 5.74) is 2.93. The minimum absolute atomic E-state index is 0.342. The van der Waals surface area contributed by atoms with Gasteiger partial charge in [-0.15, -0.1) is 0 Å². The van der Waals surface area contributed by atoms with E-state index >= 15 is 0 Å². The summed E-state index contributed by atoms with van der Waals surface area (Å²) in [7, 11) is 0. The van der Waals surface area contributed by atoms with Crippen molar-refractivity contribution in [3.63, 3.8) is 0 Å². The van der Waals surface area contributed by atoms with E-state index in [2.05, 4.69) is 56.3 Å². The lowest BCUT2D eigenvalue weighted by Crippen LogP contribution is -2.04. The summed E-state index contributed by atoms with van der Waals surface area (Å²) in [5, 5.41) is 0. The number of rotatable bonds is 2. The first-order valence-corrected chi connectivity index (χ1v) is 8.88. The Labute approximate surface area is 149 Å². The van der Waals surface area contributed by atoms with E-state index in [-0.39, 0.29) is 0 Å². The maximum atomic E-state index is 5.87. The van der Waals surface area contributed by atoms with Gasteiger partial charge >= 0.3 is 0 Å². The third-order valence-corrected chi connectivity index (χ3v) is 4.68. The molecule has 0 aliphatic carbocycles. The summed E-state index contributed by atoms with van der Waals surface area (Å²) in [6.45, 7) is 7.74. The minimum atomic E-state index is 0.342. The second-order valence-corrected chi connectivity index (χ2v) is 7.25. The molecule has 0 bridgehead atoms. The molecule has 0 N–H and O–H groups in total. The summed E-state index contributed by atoms with van der Waals surface area (Å²) in [5.74, 6) is 2.72. The molecule has 3 heterocycles. The SMILES string of the molecule is Cc1cn(C(C)C)c(-c2cn3c(n2)-c2ccc(Br)cc2OCC3)n1. The summed E-state index contributed by atoms with van der Waals surface area (Å²) in [4.78, 5) is 9.58. The molecule has 4 rings (SSSR count). The van der Waals surface area contributed by atoms with Crippen molar-refractivity contribution in [2.75, 3.05) is 6.61 Å². The lowest BCUT2D eigenvalue weighted by molar-refractivity contribution is 0.306. The van der Waals surface area contributed by atoms with Gasteiger partial charge in [0.25, 0.3) is 0 Å². The van der Waals surface area contributed by atoms with Crippen molar-refractivity contribution in [1.82, 2.24) is 19.1 Å². The maximum Gasteiger partial charge on any atom is 0.160 e. The van der Waals surface area contributed by atoms with E-state index in [1.807, 2.05) is 25.1 Å². The van der Waals surface area contributed by atoms with Crippen LogP contribution < -0.4 is 4.74 Å². The molecule has 0 fully saturated rings. The monoisotopic (exact) mass is 386 g/mol. The molecular weight excluding hydrogens is 368 g/mol. The molecule has 1 aliphatic rings. The van der Waals surface area contributed by atoms with E-state index in [0.29, 0.717) is 12.6 Å². The molecule has 0 amide bonds. The van der Waals surface area contributed by atoms with Gasteiger partial charge in [-0.05, 0) is 39.0 Å². The van der Waals surface area contributed by atoms with Crippen molar-refractivity contribution < 1.29 is 4.74 Å². The number of aromatic nitrogens is 4. The number of hydrogen-bond donors (Lipinski definition) is 0. The average molecular weight is 387 g/mol. The van der Waals surface area contributed by atoms with Crippen LogP contribution in [0.1, 0.15) is 25.6 Å². The van der Waals surface area contributed by atoms with Crippen LogP contribution in [0.25, 0.3) is 22.9 Å². The second kappa shape index (κ2) is 5.77. The van der Waals surface area contributed by atoms with Crippen LogP contribution in [0.5, 0.6) is 5.75 Å². The number of benzene rings is 1. The minimum Gasteiger partial charge on any atom is -0.491 e. The van der Waals surface area contributed by atoms with Gasteiger partial charge < -0.3 is 13.9 Å². The molecule has 0 unspecified atom stereocenters. The molecule has 0 atom stereocenters. The zero-order chi connectivity index (χ0) is 16.8. The molecule has 0 saturated carbocycles. The number of nitrogens with zero attached hydrogens (tertiary/aromatic N) is 4. The molecule has 0 saturated heterocycles. The quantitative estimate of drug-likeness (QED) is 0.652. The van der Waals surface area contributed by atoms with Crippen LogP contribution >= 0.6 is 15.9 Å². The van der Waals surface area contributed by atoms with Crippen molar-refractivity contribution in [3.05, 3.63) is 40.8 Å². The van der Waals surface area contributed by atoms with Gasteiger partial charge in [-0.1, -0.05) is 15.9 Å². The highest BCUT2D eigenvalue weighted by atomic mass is 79.9. The number of aryl methyl sites for hydroxylation is 1. The third-order valence-electron chi connectivity index (χ3n) is 4.19. The van der Waals surface area contributed by atoms with Gasteiger partial charge in [0.1, 0.15) is 23.9 Å². The fourth-order valence-corrected chi connectivity index (χ4v) is 3.40. The zero-order valence-corrected chi connectivity index (χ0v) is 15.5. The Bertz CT molecular complexity index is 910. The largest absolute Gasteiger partial charge is 0.491 e. The normalized spacial score (nSPS) is 13.4. The number of halogens is 1. The van der Waals surface area contributed by atoms with Crippen molar-refractivity contribution in [2.24, 2.45) is 0 Å². The molecule has 1 aromatic carbocycles. The van der Waals surface area contributed by atoms with Gasteiger partial charge in [0.15, 0.2) is 5.82 Å². The first-order valence-electron chi connectivity index (χ1n) is 8.08. The predicted octanol–water partition coefficient (Wildman–Crippen LogP) is 4.46. The fraction of sp³-hybridized carbons (Fsp3) is 0.333. The van der Waals surface area contributed by atoms with Gasteiger partial charge in [-0.3, -0.25) is 0 Å².